The number of rotatable bonds is 4. The lowest BCUT2D eigenvalue weighted by Gasteiger charge is -2.11. The van der Waals surface area contributed by atoms with E-state index in [1.165, 1.54) is 19.4 Å². The fourth-order valence-corrected chi connectivity index (χ4v) is 2.72. The topological polar surface area (TPSA) is 81.2 Å². The smallest absolute Gasteiger partial charge is 0.433 e. The molecule has 0 atom stereocenters. The molecule has 1 N–H and O–H groups in total. The van der Waals surface area contributed by atoms with Crippen molar-refractivity contribution >= 4 is 27.3 Å². The van der Waals surface area contributed by atoms with Gasteiger partial charge < -0.3 is 4.74 Å². The normalized spacial score (nSPS) is 12.0. The lowest BCUT2D eigenvalue weighted by molar-refractivity contribution is -0.141. The average Bonchev–Trinajstić information content (AvgIpc) is 2.46. The van der Waals surface area contributed by atoms with Gasteiger partial charge in [-0.1, -0.05) is 11.6 Å². The van der Waals surface area contributed by atoms with Gasteiger partial charge in [-0.15, -0.1) is 0 Å². The maximum absolute atomic E-state index is 12.4. The van der Waals surface area contributed by atoms with Gasteiger partial charge in [-0.25, -0.2) is 13.4 Å². The zero-order valence-electron chi connectivity index (χ0n) is 11.4. The molecule has 23 heavy (non-hydrogen) atoms. The Kier molecular flexibility index (Phi) is 4.66. The van der Waals surface area contributed by atoms with Gasteiger partial charge in [-0.2, -0.15) is 13.2 Å². The van der Waals surface area contributed by atoms with Gasteiger partial charge in [-0.05, 0) is 18.2 Å². The molecule has 0 saturated carbocycles. The zero-order chi connectivity index (χ0) is 17.3. The van der Waals surface area contributed by atoms with E-state index in [0.717, 1.165) is 6.07 Å². The first-order valence-corrected chi connectivity index (χ1v) is 7.75. The molecular weight excluding hydrogens is 359 g/mol. The van der Waals surface area contributed by atoms with E-state index in [-0.39, 0.29) is 16.6 Å². The van der Waals surface area contributed by atoms with Gasteiger partial charge in [0, 0.05) is 12.4 Å². The van der Waals surface area contributed by atoms with E-state index in [2.05, 4.69) is 14.7 Å². The molecule has 0 aliphatic rings. The molecule has 0 fully saturated rings. The first kappa shape index (κ1) is 17.3. The van der Waals surface area contributed by atoms with Gasteiger partial charge in [0.15, 0.2) is 0 Å². The number of aromatic nitrogens is 2. The monoisotopic (exact) mass is 367 g/mol. The molecule has 0 bridgehead atoms. The van der Waals surface area contributed by atoms with Crippen LogP contribution in [-0.4, -0.2) is 25.5 Å². The molecule has 2 aromatic heterocycles. The number of methoxy groups -OCH3 is 1. The summed E-state index contributed by atoms with van der Waals surface area (Å²) < 4.78 is 68.7. The Morgan fingerprint density at radius 1 is 1.22 bits per heavy atom. The quantitative estimate of drug-likeness (QED) is 0.898. The molecule has 2 aromatic rings. The molecule has 0 radical (unpaired) electrons. The van der Waals surface area contributed by atoms with Crippen LogP contribution in [0.4, 0.5) is 18.9 Å². The number of hydrogen-bond donors (Lipinski definition) is 1. The van der Waals surface area contributed by atoms with Crippen molar-refractivity contribution in [2.45, 2.75) is 11.1 Å². The number of anilines is 1. The molecule has 0 aromatic carbocycles. The van der Waals surface area contributed by atoms with Gasteiger partial charge in [-0.3, -0.25) is 9.71 Å². The van der Waals surface area contributed by atoms with Crippen LogP contribution in [-0.2, 0) is 16.2 Å². The Hall–Kier alpha value is -2.07. The van der Waals surface area contributed by atoms with Crippen molar-refractivity contribution in [2.24, 2.45) is 0 Å². The number of alkyl halides is 3. The minimum absolute atomic E-state index is 0.0437. The summed E-state index contributed by atoms with van der Waals surface area (Å²) in [5, 5.41) is 0.147. The lowest BCUT2D eigenvalue weighted by Crippen LogP contribution is -2.15. The molecule has 6 nitrogen and oxygen atoms in total. The first-order valence-electron chi connectivity index (χ1n) is 5.89. The summed E-state index contributed by atoms with van der Waals surface area (Å²) in [7, 11) is -2.91. The van der Waals surface area contributed by atoms with E-state index in [0.29, 0.717) is 12.3 Å². The summed E-state index contributed by atoms with van der Waals surface area (Å²) in [6.45, 7) is 0. The third kappa shape index (κ3) is 4.02. The number of ether oxygens (including phenoxy) is 1. The fourth-order valence-electron chi connectivity index (χ4n) is 1.57. The lowest BCUT2D eigenvalue weighted by atomic mass is 10.3. The van der Waals surface area contributed by atoms with Crippen molar-refractivity contribution in [3.63, 3.8) is 0 Å². The number of nitrogens with zero attached hydrogens (tertiary/aromatic N) is 2. The minimum atomic E-state index is -4.66. The minimum Gasteiger partial charge on any atom is -0.479 e. The Balaban J connectivity index is 2.34. The second-order valence-electron chi connectivity index (χ2n) is 4.19. The van der Waals surface area contributed by atoms with Crippen molar-refractivity contribution in [3.05, 3.63) is 41.3 Å². The number of pyridine rings is 2. The third-order valence-corrected chi connectivity index (χ3v) is 4.15. The van der Waals surface area contributed by atoms with Crippen molar-refractivity contribution in [1.29, 1.82) is 0 Å². The predicted molar refractivity (Wildman–Crippen MR) is 75.8 cm³/mol. The molecule has 124 valence electrons. The number of halogens is 4. The van der Waals surface area contributed by atoms with Gasteiger partial charge in [0.05, 0.1) is 12.1 Å². The largest absolute Gasteiger partial charge is 0.479 e. The van der Waals surface area contributed by atoms with Crippen molar-refractivity contribution < 1.29 is 26.3 Å². The van der Waals surface area contributed by atoms with E-state index >= 15 is 0 Å². The average molecular weight is 368 g/mol. The SMILES string of the molecule is COc1ncc(Cl)cc1NS(=O)(=O)c1ccc(C(F)(F)F)nc1. The highest BCUT2D eigenvalue weighted by atomic mass is 35.5. The molecule has 11 heteroatoms. The van der Waals surface area contributed by atoms with Crippen LogP contribution in [0.25, 0.3) is 0 Å². The predicted octanol–water partition coefficient (Wildman–Crippen LogP) is 2.96. The van der Waals surface area contributed by atoms with Gasteiger partial charge >= 0.3 is 6.18 Å². The molecule has 0 amide bonds. The molecule has 0 aliphatic carbocycles. The second kappa shape index (κ2) is 6.20. The van der Waals surface area contributed by atoms with E-state index in [4.69, 9.17) is 16.3 Å². The van der Waals surface area contributed by atoms with E-state index in [9.17, 15) is 21.6 Å². The van der Waals surface area contributed by atoms with Crippen LogP contribution in [0.5, 0.6) is 5.88 Å². The molecule has 2 rings (SSSR count). The fraction of sp³-hybridized carbons (Fsp3) is 0.167. The molecule has 0 unspecified atom stereocenters. The zero-order valence-corrected chi connectivity index (χ0v) is 13.0. The van der Waals surface area contributed by atoms with Crippen molar-refractivity contribution in [1.82, 2.24) is 9.97 Å². The molecule has 0 saturated heterocycles. The molecule has 2 heterocycles. The first-order chi connectivity index (χ1) is 10.6. The summed E-state index contributed by atoms with van der Waals surface area (Å²) in [6.07, 6.45) is -2.80. The van der Waals surface area contributed by atoms with Crippen molar-refractivity contribution in [3.8, 4) is 5.88 Å². The van der Waals surface area contributed by atoms with Crippen LogP contribution in [0.1, 0.15) is 5.69 Å². The highest BCUT2D eigenvalue weighted by molar-refractivity contribution is 7.92. The van der Waals surface area contributed by atoms with E-state index in [1.807, 2.05) is 0 Å². The second-order valence-corrected chi connectivity index (χ2v) is 6.31. The van der Waals surface area contributed by atoms with Gasteiger partial charge in [0.2, 0.25) is 5.88 Å². The molecular formula is C12H9ClF3N3O3S. The Morgan fingerprint density at radius 3 is 2.43 bits per heavy atom. The summed E-state index contributed by atoms with van der Waals surface area (Å²) in [5.41, 5.74) is -1.25. The Labute approximate surface area is 134 Å². The highest BCUT2D eigenvalue weighted by Crippen LogP contribution is 2.29. The molecule has 0 aliphatic heterocycles. The number of nitrogens with one attached hydrogen (secondary N) is 1. The molecule has 0 spiro atoms. The third-order valence-electron chi connectivity index (χ3n) is 2.59. The highest BCUT2D eigenvalue weighted by Gasteiger charge is 2.32. The van der Waals surface area contributed by atoms with Gasteiger partial charge in [0.25, 0.3) is 10.0 Å². The van der Waals surface area contributed by atoms with Crippen LogP contribution in [0.2, 0.25) is 5.02 Å². The number of hydrogen-bond acceptors (Lipinski definition) is 5. The summed E-state index contributed by atoms with van der Waals surface area (Å²) >= 11 is 5.73. The summed E-state index contributed by atoms with van der Waals surface area (Å²) in [4.78, 5) is 6.42. The Morgan fingerprint density at radius 2 is 1.91 bits per heavy atom. The van der Waals surface area contributed by atoms with Crippen LogP contribution in [0, 0.1) is 0 Å². The van der Waals surface area contributed by atoms with Crippen LogP contribution in [0.3, 0.4) is 0 Å². The van der Waals surface area contributed by atoms with E-state index in [1.54, 1.807) is 0 Å². The summed E-state index contributed by atoms with van der Waals surface area (Å²) in [5.74, 6) is -0.0437. The number of sulfonamides is 1. The van der Waals surface area contributed by atoms with Crippen molar-refractivity contribution in [2.75, 3.05) is 11.8 Å². The van der Waals surface area contributed by atoms with Crippen LogP contribution < -0.4 is 9.46 Å². The standard InChI is InChI=1S/C12H9ClF3N3O3S/c1-22-11-9(4-7(13)5-18-11)19-23(20,21)8-2-3-10(17-6-8)12(14,15)16/h2-6,19H,1H3. The Bertz CT molecular complexity index is 811. The van der Waals surface area contributed by atoms with E-state index < -0.39 is 26.8 Å². The van der Waals surface area contributed by atoms with Crippen LogP contribution >= 0.6 is 11.6 Å². The maximum atomic E-state index is 12.4. The maximum Gasteiger partial charge on any atom is 0.433 e. The van der Waals surface area contributed by atoms with Gasteiger partial charge in [0.1, 0.15) is 16.3 Å². The summed E-state index contributed by atoms with van der Waals surface area (Å²) in [6, 6.07) is 2.62. The van der Waals surface area contributed by atoms with Crippen LogP contribution in [0.15, 0.2) is 35.5 Å².